The van der Waals surface area contributed by atoms with Gasteiger partial charge in [0.25, 0.3) is 5.91 Å². The van der Waals surface area contributed by atoms with E-state index in [2.05, 4.69) is 40.9 Å². The molecule has 3 aromatic heterocycles. The molecule has 2 amide bonds. The fourth-order valence-corrected chi connectivity index (χ4v) is 6.07. The van der Waals surface area contributed by atoms with Crippen molar-refractivity contribution in [2.75, 3.05) is 24.7 Å². The van der Waals surface area contributed by atoms with Gasteiger partial charge in [-0.25, -0.2) is 0 Å². The number of nitrogens with two attached hydrogens (primary N) is 1. The van der Waals surface area contributed by atoms with E-state index in [-0.39, 0.29) is 11.8 Å². The number of anilines is 2. The van der Waals surface area contributed by atoms with Gasteiger partial charge in [-0.05, 0) is 63.4 Å². The molecule has 0 spiro atoms. The Hall–Kier alpha value is -5.71. The standard InChI is InChI=1S/C37H39N7O4/c1-22-11-10-12-25(17-22)21-44-36-26-19-32(47-4)27(34-23(2)43-48-24(34)3)18-31(26)40-20-28(36)35(42-44)37(46)39-16-9-5-6-15-33(45)41-30-14-8-7-13-29(30)38/h7-8,10-14,17-20H,5-6,9,15-16,21,38H2,1-4H3,(H,39,46)(H,41,45). The molecule has 0 bridgehead atoms. The van der Waals surface area contributed by atoms with Gasteiger partial charge in [-0.3, -0.25) is 19.3 Å². The number of methoxy groups -OCH3 is 1. The zero-order chi connectivity index (χ0) is 33.8. The van der Waals surface area contributed by atoms with Crippen molar-refractivity contribution in [2.45, 2.75) is 53.0 Å². The molecular formula is C37H39N7O4. The minimum Gasteiger partial charge on any atom is -0.496 e. The highest BCUT2D eigenvalue weighted by Gasteiger charge is 2.23. The Kier molecular flexibility index (Phi) is 9.38. The molecule has 4 N–H and O–H groups in total. The summed E-state index contributed by atoms with van der Waals surface area (Å²) >= 11 is 0. The lowest BCUT2D eigenvalue weighted by atomic mass is 10.00. The monoisotopic (exact) mass is 645 g/mol. The number of fused-ring (bicyclic) bond motifs is 3. The first-order valence-corrected chi connectivity index (χ1v) is 16.0. The summed E-state index contributed by atoms with van der Waals surface area (Å²) in [5.41, 5.74) is 13.6. The van der Waals surface area contributed by atoms with Crippen molar-refractivity contribution < 1.29 is 18.8 Å². The molecule has 6 rings (SSSR count). The first-order valence-electron chi connectivity index (χ1n) is 16.0. The van der Waals surface area contributed by atoms with E-state index in [1.54, 1.807) is 25.4 Å². The van der Waals surface area contributed by atoms with Gasteiger partial charge in [0.15, 0.2) is 5.69 Å². The highest BCUT2D eigenvalue weighted by molar-refractivity contribution is 6.13. The summed E-state index contributed by atoms with van der Waals surface area (Å²) in [6.45, 7) is 6.74. The fraction of sp³-hybridized carbons (Fsp3) is 0.270. The summed E-state index contributed by atoms with van der Waals surface area (Å²) in [6, 6.07) is 19.3. The van der Waals surface area contributed by atoms with Crippen molar-refractivity contribution in [3.63, 3.8) is 0 Å². The van der Waals surface area contributed by atoms with E-state index in [1.807, 2.05) is 48.9 Å². The number of ether oxygens (including phenoxy) is 1. The number of nitrogens with zero attached hydrogens (tertiary/aromatic N) is 4. The molecule has 0 fully saturated rings. The lowest BCUT2D eigenvalue weighted by Crippen LogP contribution is -2.25. The Balaban J connectivity index is 1.23. The molecule has 0 aliphatic carbocycles. The summed E-state index contributed by atoms with van der Waals surface area (Å²) in [5, 5.41) is 16.3. The van der Waals surface area contributed by atoms with E-state index >= 15 is 0 Å². The third-order valence-electron chi connectivity index (χ3n) is 8.43. The van der Waals surface area contributed by atoms with Crippen molar-refractivity contribution in [3.05, 3.63) is 95.1 Å². The number of aryl methyl sites for hydroxylation is 3. The van der Waals surface area contributed by atoms with E-state index in [9.17, 15) is 9.59 Å². The number of nitrogens with one attached hydrogen (secondary N) is 2. The maximum absolute atomic E-state index is 13.6. The molecule has 3 heterocycles. The van der Waals surface area contributed by atoms with E-state index in [4.69, 9.17) is 25.1 Å². The normalized spacial score (nSPS) is 11.2. The molecule has 0 saturated heterocycles. The molecule has 3 aromatic carbocycles. The smallest absolute Gasteiger partial charge is 0.272 e. The van der Waals surface area contributed by atoms with Crippen LogP contribution in [0.1, 0.15) is 58.8 Å². The maximum Gasteiger partial charge on any atom is 0.272 e. The van der Waals surface area contributed by atoms with Crippen molar-refractivity contribution in [1.29, 1.82) is 0 Å². The lowest BCUT2D eigenvalue weighted by molar-refractivity contribution is -0.116. The highest BCUT2D eigenvalue weighted by Crippen LogP contribution is 2.39. The van der Waals surface area contributed by atoms with Crippen LogP contribution in [-0.2, 0) is 11.3 Å². The Morgan fingerprint density at radius 1 is 0.979 bits per heavy atom. The second-order valence-corrected chi connectivity index (χ2v) is 12.0. The summed E-state index contributed by atoms with van der Waals surface area (Å²) in [6.07, 6.45) is 4.28. The van der Waals surface area contributed by atoms with E-state index < -0.39 is 0 Å². The van der Waals surface area contributed by atoms with Crippen LogP contribution in [-0.4, -0.2) is 45.4 Å². The predicted octanol–water partition coefficient (Wildman–Crippen LogP) is 6.73. The number of hydrogen-bond acceptors (Lipinski definition) is 8. The second-order valence-electron chi connectivity index (χ2n) is 12.0. The number of hydrogen-bond donors (Lipinski definition) is 3. The van der Waals surface area contributed by atoms with Crippen LogP contribution in [0.25, 0.3) is 32.9 Å². The van der Waals surface area contributed by atoms with Crippen LogP contribution in [0.4, 0.5) is 11.4 Å². The van der Waals surface area contributed by atoms with Crippen molar-refractivity contribution >= 4 is 45.0 Å². The summed E-state index contributed by atoms with van der Waals surface area (Å²) in [5.74, 6) is 0.968. The highest BCUT2D eigenvalue weighted by atomic mass is 16.5. The lowest BCUT2D eigenvalue weighted by Gasteiger charge is -2.12. The Morgan fingerprint density at radius 3 is 2.56 bits per heavy atom. The third-order valence-corrected chi connectivity index (χ3v) is 8.43. The number of nitrogen functional groups attached to an aromatic ring is 1. The number of unbranched alkanes of at least 4 members (excludes halogenated alkanes) is 2. The molecule has 0 aliphatic heterocycles. The number of carbonyl (C=O) groups is 2. The summed E-state index contributed by atoms with van der Waals surface area (Å²) in [4.78, 5) is 30.7. The minimum atomic E-state index is -0.277. The first-order chi connectivity index (χ1) is 23.2. The van der Waals surface area contributed by atoms with Crippen LogP contribution in [0.15, 0.2) is 71.4 Å². The molecule has 246 valence electrons. The number of amides is 2. The second kappa shape index (κ2) is 14.0. The van der Waals surface area contributed by atoms with Gasteiger partial charge in [-0.15, -0.1) is 0 Å². The van der Waals surface area contributed by atoms with Gasteiger partial charge < -0.3 is 25.6 Å². The first kappa shape index (κ1) is 32.2. The molecule has 0 unspecified atom stereocenters. The molecule has 0 saturated carbocycles. The van der Waals surface area contributed by atoms with Gasteiger partial charge in [-0.2, -0.15) is 5.10 Å². The largest absolute Gasteiger partial charge is 0.496 e. The van der Waals surface area contributed by atoms with Crippen LogP contribution in [0.2, 0.25) is 0 Å². The van der Waals surface area contributed by atoms with Crippen molar-refractivity contribution in [2.24, 2.45) is 0 Å². The number of para-hydroxylation sites is 2. The Morgan fingerprint density at radius 2 is 1.81 bits per heavy atom. The van der Waals surface area contributed by atoms with Gasteiger partial charge in [0.1, 0.15) is 11.5 Å². The maximum atomic E-state index is 13.6. The van der Waals surface area contributed by atoms with E-state index in [0.29, 0.717) is 59.9 Å². The van der Waals surface area contributed by atoms with Crippen molar-refractivity contribution in [1.82, 2.24) is 25.2 Å². The van der Waals surface area contributed by atoms with Gasteiger partial charge >= 0.3 is 0 Å². The quantitative estimate of drug-likeness (QED) is 0.0979. The van der Waals surface area contributed by atoms with Gasteiger partial charge in [0.2, 0.25) is 5.91 Å². The number of rotatable bonds is 12. The van der Waals surface area contributed by atoms with Crippen LogP contribution in [0.3, 0.4) is 0 Å². The zero-order valence-electron chi connectivity index (χ0n) is 27.6. The minimum absolute atomic E-state index is 0.0854. The van der Waals surface area contributed by atoms with E-state index in [1.165, 1.54) is 0 Å². The van der Waals surface area contributed by atoms with Crippen LogP contribution in [0.5, 0.6) is 5.75 Å². The SMILES string of the molecule is COc1cc2c(cc1-c1c(C)noc1C)ncc1c(C(=O)NCCCCCC(=O)Nc3ccccc3N)nn(Cc3cccc(C)c3)c12. The van der Waals surface area contributed by atoms with Gasteiger partial charge in [0.05, 0.1) is 52.7 Å². The molecule has 0 radical (unpaired) electrons. The van der Waals surface area contributed by atoms with Gasteiger partial charge in [0, 0.05) is 30.1 Å². The number of aromatic nitrogens is 4. The fourth-order valence-electron chi connectivity index (χ4n) is 6.07. The third kappa shape index (κ3) is 6.71. The summed E-state index contributed by atoms with van der Waals surface area (Å²) in [7, 11) is 1.63. The average molecular weight is 646 g/mol. The number of benzene rings is 3. The number of carbonyl (C=O) groups excluding carboxylic acids is 2. The molecular weight excluding hydrogens is 606 g/mol. The van der Waals surface area contributed by atoms with Crippen LogP contribution in [0, 0.1) is 20.8 Å². The molecule has 11 heteroatoms. The molecule has 6 aromatic rings. The average Bonchev–Trinajstić information content (AvgIpc) is 3.61. The zero-order valence-corrected chi connectivity index (χ0v) is 27.6. The number of pyridine rings is 1. The van der Waals surface area contributed by atoms with Crippen LogP contribution < -0.4 is 21.1 Å². The van der Waals surface area contributed by atoms with Gasteiger partial charge in [-0.1, -0.05) is 53.5 Å². The molecule has 11 nitrogen and oxygen atoms in total. The predicted molar refractivity (Wildman–Crippen MR) is 187 cm³/mol. The molecule has 48 heavy (non-hydrogen) atoms. The Bertz CT molecular complexity index is 2110. The summed E-state index contributed by atoms with van der Waals surface area (Å²) < 4.78 is 13.2. The topological polar surface area (TPSA) is 150 Å². The molecule has 0 atom stereocenters. The van der Waals surface area contributed by atoms with Crippen molar-refractivity contribution in [3.8, 4) is 16.9 Å². The Labute approximate surface area is 278 Å². The molecule has 0 aliphatic rings. The van der Waals surface area contributed by atoms with E-state index in [0.717, 1.165) is 57.2 Å². The van der Waals surface area contributed by atoms with Crippen LogP contribution >= 0.6 is 0 Å².